The molecule has 1 aromatic heterocycles. The van der Waals surface area contributed by atoms with Gasteiger partial charge in [0.1, 0.15) is 5.82 Å². The zero-order valence-corrected chi connectivity index (χ0v) is 20.5. The normalized spacial score (nSPS) is 21.0. The van der Waals surface area contributed by atoms with Crippen LogP contribution in [0.25, 0.3) is 5.57 Å². The number of likely N-dealkylation sites (N-methyl/N-ethyl adjacent to an activating group) is 1. The maximum Gasteiger partial charge on any atom is 0.417 e. The van der Waals surface area contributed by atoms with E-state index < -0.39 is 34.6 Å². The third kappa shape index (κ3) is 5.03. The molecule has 0 radical (unpaired) electrons. The Hall–Kier alpha value is -3.18. The Bertz CT molecular complexity index is 1260. The molecule has 2 atom stereocenters. The van der Waals surface area contributed by atoms with E-state index in [0.29, 0.717) is 43.5 Å². The molecule has 0 bridgehead atoms. The number of carbonyl (C=O) groups excluding carboxylic acids is 1. The highest BCUT2D eigenvalue weighted by atomic mass is 19.4. The van der Waals surface area contributed by atoms with Crippen molar-refractivity contribution in [3.63, 3.8) is 0 Å². The zero-order valence-electron chi connectivity index (χ0n) is 20.5. The van der Waals surface area contributed by atoms with E-state index >= 15 is 4.39 Å². The summed E-state index contributed by atoms with van der Waals surface area (Å²) < 4.78 is 57.2. The number of aryl methyl sites for hydroxylation is 1. The van der Waals surface area contributed by atoms with Crippen molar-refractivity contribution < 1.29 is 22.4 Å². The first-order valence-electron chi connectivity index (χ1n) is 11.7. The number of aromatic nitrogens is 1. The first kappa shape index (κ1) is 25.9. The molecule has 194 valence electrons. The maximum absolute atomic E-state index is 15.3. The highest BCUT2D eigenvalue weighted by molar-refractivity contribution is 6.07. The maximum atomic E-state index is 15.3. The molecule has 36 heavy (non-hydrogen) atoms. The monoisotopic (exact) mass is 507 g/mol. The van der Waals surface area contributed by atoms with Crippen molar-refractivity contribution in [1.29, 1.82) is 0 Å². The molecule has 0 saturated carbocycles. The van der Waals surface area contributed by atoms with Crippen LogP contribution >= 0.6 is 0 Å². The minimum absolute atomic E-state index is 0.127. The van der Waals surface area contributed by atoms with Crippen molar-refractivity contribution >= 4 is 22.9 Å². The number of nitrogens with one attached hydrogen (secondary N) is 2. The third-order valence-electron chi connectivity index (χ3n) is 6.97. The number of amides is 1. The summed E-state index contributed by atoms with van der Waals surface area (Å²) in [6.45, 7) is 6.15. The van der Waals surface area contributed by atoms with Crippen molar-refractivity contribution in [2.45, 2.75) is 32.1 Å². The summed E-state index contributed by atoms with van der Waals surface area (Å²) in [5.74, 6) is -1.51. The van der Waals surface area contributed by atoms with Gasteiger partial charge < -0.3 is 20.1 Å². The van der Waals surface area contributed by atoms with Gasteiger partial charge in [0.25, 0.3) is 11.5 Å². The molecule has 2 N–H and O–H groups in total. The lowest BCUT2D eigenvalue weighted by Crippen LogP contribution is -2.55. The molecule has 11 heteroatoms. The highest BCUT2D eigenvalue weighted by Crippen LogP contribution is 2.36. The van der Waals surface area contributed by atoms with Gasteiger partial charge in [-0.1, -0.05) is 6.08 Å². The highest BCUT2D eigenvalue weighted by Gasteiger charge is 2.37. The lowest BCUT2D eigenvalue weighted by atomic mass is 10.0. The third-order valence-corrected chi connectivity index (χ3v) is 6.97. The van der Waals surface area contributed by atoms with Crippen molar-refractivity contribution in [3.05, 3.63) is 63.3 Å². The number of halogens is 4. The number of hydrogen-bond donors (Lipinski definition) is 2. The van der Waals surface area contributed by atoms with Crippen molar-refractivity contribution in [2.24, 2.45) is 7.05 Å². The standard InChI is InChI=1S/C25H29F4N5O2/c1-14-11-34(12-15(2)33(14)4)22-9-20(26)17(16-5-6-30-10-16)7-21(22)31-24(36)18-13-32(3)23(35)8-19(18)25(27,28)29/h5,7-9,13-15,30H,6,10-12H2,1-4H3,(H,31,36)/t14-,15+. The van der Waals surface area contributed by atoms with Gasteiger partial charge in [-0.15, -0.1) is 0 Å². The quantitative estimate of drug-likeness (QED) is 0.622. The minimum Gasteiger partial charge on any atom is -0.367 e. The second-order valence-electron chi connectivity index (χ2n) is 9.48. The first-order valence-corrected chi connectivity index (χ1v) is 11.7. The van der Waals surface area contributed by atoms with Gasteiger partial charge in [-0.2, -0.15) is 13.2 Å². The summed E-state index contributed by atoms with van der Waals surface area (Å²) in [4.78, 5) is 29.2. The van der Waals surface area contributed by atoms with Gasteiger partial charge in [0.2, 0.25) is 0 Å². The molecule has 2 aliphatic heterocycles. The first-order chi connectivity index (χ1) is 16.9. The van der Waals surface area contributed by atoms with Crippen LogP contribution in [0.2, 0.25) is 0 Å². The number of carbonyl (C=O) groups is 1. The number of benzene rings is 1. The van der Waals surface area contributed by atoms with Crippen LogP contribution in [0.4, 0.5) is 28.9 Å². The number of piperazine rings is 1. The van der Waals surface area contributed by atoms with Gasteiger partial charge in [0.05, 0.1) is 22.5 Å². The lowest BCUT2D eigenvalue weighted by molar-refractivity contribution is -0.138. The van der Waals surface area contributed by atoms with Gasteiger partial charge in [0.15, 0.2) is 0 Å². The van der Waals surface area contributed by atoms with Gasteiger partial charge in [-0.05, 0) is 38.6 Å². The second kappa shape index (κ2) is 9.70. The Morgan fingerprint density at radius 1 is 1.11 bits per heavy atom. The summed E-state index contributed by atoms with van der Waals surface area (Å²) in [7, 11) is 3.27. The summed E-state index contributed by atoms with van der Waals surface area (Å²) in [5.41, 5.74) is -1.33. The number of anilines is 2. The van der Waals surface area contributed by atoms with Crippen LogP contribution in [-0.4, -0.2) is 60.7 Å². The molecule has 0 unspecified atom stereocenters. The summed E-state index contributed by atoms with van der Waals surface area (Å²) in [6, 6.07) is 3.47. The Morgan fingerprint density at radius 2 is 1.78 bits per heavy atom. The van der Waals surface area contributed by atoms with Crippen molar-refractivity contribution in [3.8, 4) is 0 Å². The molecule has 1 amide bonds. The minimum atomic E-state index is -4.90. The Balaban J connectivity index is 1.80. The van der Waals surface area contributed by atoms with Gasteiger partial charge >= 0.3 is 6.18 Å². The molecule has 4 rings (SSSR count). The average Bonchev–Trinajstić information content (AvgIpc) is 3.33. The predicted octanol–water partition coefficient (Wildman–Crippen LogP) is 3.31. The van der Waals surface area contributed by atoms with E-state index in [1.807, 2.05) is 31.9 Å². The van der Waals surface area contributed by atoms with Crippen molar-refractivity contribution in [1.82, 2.24) is 14.8 Å². The van der Waals surface area contributed by atoms with Gasteiger partial charge in [-0.25, -0.2) is 4.39 Å². The van der Waals surface area contributed by atoms with Crippen LogP contribution in [0.1, 0.15) is 35.3 Å². The number of rotatable bonds is 4. The van der Waals surface area contributed by atoms with Crippen molar-refractivity contribution in [2.75, 3.05) is 43.4 Å². The fraction of sp³-hybridized carbons (Fsp3) is 0.440. The molecular weight excluding hydrogens is 478 g/mol. The molecule has 0 aliphatic carbocycles. The van der Waals surface area contributed by atoms with Gasteiger partial charge in [0, 0.05) is 63.1 Å². The van der Waals surface area contributed by atoms with Crippen LogP contribution in [-0.2, 0) is 13.2 Å². The molecule has 7 nitrogen and oxygen atoms in total. The number of alkyl halides is 3. The molecule has 1 aromatic carbocycles. The van der Waals surface area contributed by atoms with Crippen LogP contribution in [0, 0.1) is 5.82 Å². The zero-order chi connectivity index (χ0) is 26.4. The second-order valence-corrected chi connectivity index (χ2v) is 9.48. The molecule has 0 spiro atoms. The fourth-order valence-corrected chi connectivity index (χ4v) is 4.69. The number of pyridine rings is 1. The fourth-order valence-electron chi connectivity index (χ4n) is 4.69. The van der Waals surface area contributed by atoms with Crippen LogP contribution in [0.15, 0.2) is 35.3 Å². The molecule has 2 aliphatic rings. The Labute approximate surface area is 206 Å². The van der Waals surface area contributed by atoms with E-state index in [2.05, 4.69) is 15.5 Å². The van der Waals surface area contributed by atoms with Crippen LogP contribution in [0.5, 0.6) is 0 Å². The predicted molar refractivity (Wildman–Crippen MR) is 131 cm³/mol. The Morgan fingerprint density at radius 3 is 2.36 bits per heavy atom. The molecule has 3 heterocycles. The summed E-state index contributed by atoms with van der Waals surface area (Å²) in [5, 5.41) is 5.69. The topological polar surface area (TPSA) is 69.6 Å². The molecule has 2 aromatic rings. The SMILES string of the molecule is C[C@@H]1CN(c2cc(F)c(C3=CCNC3)cc2NC(=O)c2cn(C)c(=O)cc2C(F)(F)F)C[C@H](C)N1C. The van der Waals surface area contributed by atoms with E-state index in [9.17, 15) is 22.8 Å². The van der Waals surface area contributed by atoms with E-state index in [4.69, 9.17) is 0 Å². The molecule has 1 fully saturated rings. The van der Waals surface area contributed by atoms with E-state index in [-0.39, 0.29) is 23.3 Å². The van der Waals surface area contributed by atoms with Crippen LogP contribution < -0.4 is 21.1 Å². The summed E-state index contributed by atoms with van der Waals surface area (Å²) in [6.07, 6.45) is -2.20. The largest absolute Gasteiger partial charge is 0.417 e. The lowest BCUT2D eigenvalue weighted by Gasteiger charge is -2.44. The van der Waals surface area contributed by atoms with Gasteiger partial charge in [-0.3, -0.25) is 14.5 Å². The molecular formula is C25H29F4N5O2. The van der Waals surface area contributed by atoms with E-state index in [1.165, 1.54) is 19.2 Å². The number of hydrogen-bond acceptors (Lipinski definition) is 5. The smallest absolute Gasteiger partial charge is 0.367 e. The average molecular weight is 508 g/mol. The van der Waals surface area contributed by atoms with E-state index in [1.54, 1.807) is 0 Å². The molecule has 1 saturated heterocycles. The van der Waals surface area contributed by atoms with Crippen LogP contribution in [0.3, 0.4) is 0 Å². The summed E-state index contributed by atoms with van der Waals surface area (Å²) >= 11 is 0. The Kier molecular flexibility index (Phi) is 6.98. The number of nitrogens with zero attached hydrogens (tertiary/aromatic N) is 3. The van der Waals surface area contributed by atoms with E-state index in [0.717, 1.165) is 10.8 Å².